The Morgan fingerprint density at radius 1 is 1.08 bits per heavy atom. The second-order valence-electron chi connectivity index (χ2n) is 5.30. The molecule has 1 aromatic carbocycles. The van der Waals surface area contributed by atoms with E-state index in [0.717, 1.165) is 38.1 Å². The normalized spacial score (nSPS) is 10.5. The van der Waals surface area contributed by atoms with Gasteiger partial charge in [0, 0.05) is 13.1 Å². The fourth-order valence-electron chi connectivity index (χ4n) is 2.28. The zero-order valence-corrected chi connectivity index (χ0v) is 13.7. The number of rotatable bonds is 7. The number of amides is 1. The summed E-state index contributed by atoms with van der Waals surface area (Å²) in [6.45, 7) is 5.82. The first kappa shape index (κ1) is 17.8. The molecule has 0 aliphatic heterocycles. The van der Waals surface area contributed by atoms with Crippen molar-refractivity contribution in [2.24, 2.45) is 0 Å². The van der Waals surface area contributed by atoms with E-state index in [0.29, 0.717) is 5.82 Å². The lowest BCUT2D eigenvalue weighted by molar-refractivity contribution is 0.102. The molecule has 1 heterocycles. The van der Waals surface area contributed by atoms with Crippen molar-refractivity contribution in [2.75, 3.05) is 23.3 Å². The standard InChI is InChI=1S/C17H20F2N4O/c1-3-8-23(9-4-2)15-11-20-14(10-21-15)17(24)22-16-12(18)6-5-7-13(16)19/h5-7,10-11H,3-4,8-9H2,1-2H3,(H,22,24). The lowest BCUT2D eigenvalue weighted by Gasteiger charge is -2.22. The van der Waals surface area contributed by atoms with E-state index in [1.54, 1.807) is 0 Å². The minimum atomic E-state index is -0.843. The lowest BCUT2D eigenvalue weighted by Crippen LogP contribution is -2.26. The second kappa shape index (κ2) is 8.33. The van der Waals surface area contributed by atoms with Crippen LogP contribution in [0.4, 0.5) is 20.3 Å². The van der Waals surface area contributed by atoms with E-state index in [9.17, 15) is 13.6 Å². The van der Waals surface area contributed by atoms with Crippen molar-refractivity contribution in [2.45, 2.75) is 26.7 Å². The molecule has 7 heteroatoms. The highest BCUT2D eigenvalue weighted by atomic mass is 19.1. The topological polar surface area (TPSA) is 58.1 Å². The predicted molar refractivity (Wildman–Crippen MR) is 89.1 cm³/mol. The molecule has 5 nitrogen and oxygen atoms in total. The summed E-state index contributed by atoms with van der Waals surface area (Å²) in [6.07, 6.45) is 4.74. The Labute approximate surface area is 139 Å². The number of anilines is 2. The van der Waals surface area contributed by atoms with Crippen LogP contribution in [0.15, 0.2) is 30.6 Å². The fraction of sp³-hybridized carbons (Fsp3) is 0.353. The summed E-state index contributed by atoms with van der Waals surface area (Å²) in [6, 6.07) is 3.37. The van der Waals surface area contributed by atoms with Crippen LogP contribution in [0.1, 0.15) is 37.2 Å². The molecular formula is C17H20F2N4O. The summed E-state index contributed by atoms with van der Waals surface area (Å²) >= 11 is 0. The average molecular weight is 334 g/mol. The highest BCUT2D eigenvalue weighted by molar-refractivity contribution is 6.02. The van der Waals surface area contributed by atoms with Gasteiger partial charge >= 0.3 is 0 Å². The summed E-state index contributed by atoms with van der Waals surface area (Å²) in [4.78, 5) is 22.5. The first-order valence-electron chi connectivity index (χ1n) is 7.89. The van der Waals surface area contributed by atoms with Crippen LogP contribution in [0.2, 0.25) is 0 Å². The molecule has 24 heavy (non-hydrogen) atoms. The molecule has 2 rings (SSSR count). The van der Waals surface area contributed by atoms with Gasteiger partial charge in [-0.1, -0.05) is 19.9 Å². The molecule has 128 valence electrons. The van der Waals surface area contributed by atoms with Gasteiger partial charge in [-0.15, -0.1) is 0 Å². The van der Waals surface area contributed by atoms with Crippen LogP contribution in [-0.2, 0) is 0 Å². The number of hydrogen-bond acceptors (Lipinski definition) is 4. The summed E-state index contributed by atoms with van der Waals surface area (Å²) in [5.41, 5.74) is -0.499. The first-order chi connectivity index (χ1) is 11.6. The molecule has 1 amide bonds. The van der Waals surface area contributed by atoms with Crippen LogP contribution in [0, 0.1) is 11.6 Å². The first-order valence-corrected chi connectivity index (χ1v) is 7.89. The van der Waals surface area contributed by atoms with E-state index in [2.05, 4.69) is 34.0 Å². The van der Waals surface area contributed by atoms with E-state index in [-0.39, 0.29) is 5.69 Å². The van der Waals surface area contributed by atoms with Crippen LogP contribution in [0.25, 0.3) is 0 Å². The highest BCUT2D eigenvalue weighted by Gasteiger charge is 2.15. The molecule has 0 fully saturated rings. The van der Waals surface area contributed by atoms with Gasteiger partial charge in [0.05, 0.1) is 12.4 Å². The van der Waals surface area contributed by atoms with Crippen LogP contribution >= 0.6 is 0 Å². The van der Waals surface area contributed by atoms with Crippen molar-refractivity contribution in [3.63, 3.8) is 0 Å². The molecule has 0 aliphatic carbocycles. The summed E-state index contributed by atoms with van der Waals surface area (Å²) < 4.78 is 27.1. The van der Waals surface area contributed by atoms with Crippen molar-refractivity contribution in [1.82, 2.24) is 9.97 Å². The SMILES string of the molecule is CCCN(CCC)c1cnc(C(=O)Nc2c(F)cccc2F)cn1. The molecule has 0 unspecified atom stereocenters. The third kappa shape index (κ3) is 4.24. The Balaban J connectivity index is 2.13. The Kier molecular flexibility index (Phi) is 6.17. The maximum Gasteiger partial charge on any atom is 0.276 e. The number of para-hydroxylation sites is 1. The van der Waals surface area contributed by atoms with Crippen molar-refractivity contribution >= 4 is 17.4 Å². The molecule has 1 aromatic heterocycles. The van der Waals surface area contributed by atoms with Crippen LogP contribution in [-0.4, -0.2) is 29.0 Å². The monoisotopic (exact) mass is 334 g/mol. The second-order valence-corrected chi connectivity index (χ2v) is 5.30. The molecule has 0 aliphatic rings. The van der Waals surface area contributed by atoms with Gasteiger partial charge in [-0.3, -0.25) is 4.79 Å². The molecular weight excluding hydrogens is 314 g/mol. The number of nitrogens with one attached hydrogen (secondary N) is 1. The van der Waals surface area contributed by atoms with E-state index >= 15 is 0 Å². The number of halogens is 2. The van der Waals surface area contributed by atoms with Crippen LogP contribution in [0.3, 0.4) is 0 Å². The van der Waals surface area contributed by atoms with Crippen molar-refractivity contribution < 1.29 is 13.6 Å². The lowest BCUT2D eigenvalue weighted by atomic mass is 10.2. The number of aromatic nitrogens is 2. The molecule has 0 saturated carbocycles. The van der Waals surface area contributed by atoms with Crippen molar-refractivity contribution in [3.8, 4) is 0 Å². The maximum absolute atomic E-state index is 13.6. The largest absolute Gasteiger partial charge is 0.355 e. The van der Waals surface area contributed by atoms with Gasteiger partial charge in [0.15, 0.2) is 0 Å². The average Bonchev–Trinajstić information content (AvgIpc) is 2.58. The maximum atomic E-state index is 13.6. The fourth-order valence-corrected chi connectivity index (χ4v) is 2.28. The van der Waals surface area contributed by atoms with Crippen molar-refractivity contribution in [1.29, 1.82) is 0 Å². The number of carbonyl (C=O) groups is 1. The highest BCUT2D eigenvalue weighted by Crippen LogP contribution is 2.19. The number of nitrogens with zero attached hydrogens (tertiary/aromatic N) is 3. The molecule has 0 atom stereocenters. The third-order valence-electron chi connectivity index (χ3n) is 3.38. The van der Waals surface area contributed by atoms with Gasteiger partial charge in [0.2, 0.25) is 0 Å². The van der Waals surface area contributed by atoms with E-state index < -0.39 is 23.2 Å². The van der Waals surface area contributed by atoms with E-state index in [4.69, 9.17) is 0 Å². The molecule has 0 bridgehead atoms. The van der Waals surface area contributed by atoms with E-state index in [1.165, 1.54) is 18.5 Å². The Morgan fingerprint density at radius 2 is 1.71 bits per heavy atom. The zero-order valence-electron chi connectivity index (χ0n) is 13.7. The van der Waals surface area contributed by atoms with Crippen LogP contribution in [0.5, 0.6) is 0 Å². The Bertz CT molecular complexity index is 665. The van der Waals surface area contributed by atoms with E-state index in [1.807, 2.05) is 0 Å². The van der Waals surface area contributed by atoms with Gasteiger partial charge < -0.3 is 10.2 Å². The van der Waals surface area contributed by atoms with Crippen molar-refractivity contribution in [3.05, 3.63) is 47.9 Å². The number of hydrogen-bond donors (Lipinski definition) is 1. The zero-order chi connectivity index (χ0) is 17.5. The van der Waals surface area contributed by atoms with Gasteiger partial charge in [-0.2, -0.15) is 0 Å². The molecule has 2 aromatic rings. The molecule has 0 radical (unpaired) electrons. The summed E-state index contributed by atoms with van der Waals surface area (Å²) in [5.74, 6) is -1.72. The molecule has 0 saturated heterocycles. The van der Waals surface area contributed by atoms with Gasteiger partial charge in [-0.25, -0.2) is 18.7 Å². The van der Waals surface area contributed by atoms with Gasteiger partial charge in [0.1, 0.15) is 28.8 Å². The molecule has 0 spiro atoms. The minimum absolute atomic E-state index is 0.00523. The van der Waals surface area contributed by atoms with Crippen LogP contribution < -0.4 is 10.2 Å². The van der Waals surface area contributed by atoms with Gasteiger partial charge in [-0.05, 0) is 25.0 Å². The third-order valence-corrected chi connectivity index (χ3v) is 3.38. The predicted octanol–water partition coefficient (Wildman–Crippen LogP) is 3.63. The summed E-state index contributed by atoms with van der Waals surface area (Å²) in [5, 5.41) is 2.19. The Morgan fingerprint density at radius 3 is 2.21 bits per heavy atom. The van der Waals surface area contributed by atoms with Gasteiger partial charge in [0.25, 0.3) is 5.91 Å². The summed E-state index contributed by atoms with van der Waals surface area (Å²) in [7, 11) is 0. The minimum Gasteiger partial charge on any atom is -0.355 e. The number of benzene rings is 1. The molecule has 1 N–H and O–H groups in total. The quantitative estimate of drug-likeness (QED) is 0.840. The Hall–Kier alpha value is -2.57. The number of carbonyl (C=O) groups excluding carboxylic acids is 1. The smallest absolute Gasteiger partial charge is 0.276 e.